The van der Waals surface area contributed by atoms with Gasteiger partial charge in [-0.3, -0.25) is 9.59 Å². The lowest BCUT2D eigenvalue weighted by molar-refractivity contribution is -0.143. The molecule has 0 saturated carbocycles. The summed E-state index contributed by atoms with van der Waals surface area (Å²) in [7, 11) is 0. The van der Waals surface area contributed by atoms with E-state index >= 15 is 0 Å². The van der Waals surface area contributed by atoms with E-state index in [9.17, 15) is 9.59 Å². The number of rotatable bonds is 11. The Morgan fingerprint density at radius 1 is 0.941 bits per heavy atom. The van der Waals surface area contributed by atoms with Crippen LogP contribution in [0.3, 0.4) is 0 Å². The Balaban J connectivity index is 3.16. The maximum Gasteiger partial charge on any atom is 0.305 e. The van der Waals surface area contributed by atoms with Crippen LogP contribution >= 0.6 is 11.6 Å². The summed E-state index contributed by atoms with van der Waals surface area (Å²) in [5, 5.41) is -0.260. The van der Waals surface area contributed by atoms with Crippen LogP contribution in [-0.4, -0.2) is 17.8 Å². The van der Waals surface area contributed by atoms with Crippen molar-refractivity contribution in [1.29, 1.82) is 0 Å². The predicted octanol–water partition coefficient (Wildman–Crippen LogP) is 3.83. The molecule has 0 aliphatic heterocycles. The molecule has 0 bridgehead atoms. The highest BCUT2D eigenvalue weighted by Gasteiger charge is 2.02. The number of carbonyl (C=O) groups is 2. The van der Waals surface area contributed by atoms with Crippen LogP contribution in [0.2, 0.25) is 0 Å². The average Bonchev–Trinajstić information content (AvgIpc) is 2.28. The van der Waals surface area contributed by atoms with Crippen LogP contribution in [0.15, 0.2) is 0 Å². The predicted molar refractivity (Wildman–Crippen MR) is 69.0 cm³/mol. The Labute approximate surface area is 109 Å². The van der Waals surface area contributed by atoms with E-state index in [0.717, 1.165) is 44.9 Å². The van der Waals surface area contributed by atoms with Gasteiger partial charge in [-0.2, -0.15) is 0 Å². The number of unbranched alkanes of at least 4 members (excludes halogenated alkanes) is 5. The molecule has 0 heterocycles. The Morgan fingerprint density at radius 3 is 2.12 bits per heavy atom. The van der Waals surface area contributed by atoms with Gasteiger partial charge in [0.15, 0.2) is 0 Å². The number of esters is 1. The SMILES string of the molecule is CCCCOC(=O)CCCCCCCC(=O)Cl. The molecule has 0 rings (SSSR count). The maximum absolute atomic E-state index is 11.2. The minimum atomic E-state index is -0.260. The van der Waals surface area contributed by atoms with Crippen LogP contribution in [0.4, 0.5) is 0 Å². The van der Waals surface area contributed by atoms with Crippen molar-refractivity contribution in [2.45, 2.75) is 64.7 Å². The van der Waals surface area contributed by atoms with Gasteiger partial charge in [0, 0.05) is 12.8 Å². The summed E-state index contributed by atoms with van der Waals surface area (Å²) in [5.41, 5.74) is 0. The summed E-state index contributed by atoms with van der Waals surface area (Å²) in [5.74, 6) is -0.0885. The molecule has 0 N–H and O–H groups in total. The molecular weight excluding hydrogens is 240 g/mol. The van der Waals surface area contributed by atoms with Crippen molar-refractivity contribution in [2.75, 3.05) is 6.61 Å². The van der Waals surface area contributed by atoms with Crippen molar-refractivity contribution in [3.8, 4) is 0 Å². The summed E-state index contributed by atoms with van der Waals surface area (Å²) in [6, 6.07) is 0. The molecule has 0 saturated heterocycles. The van der Waals surface area contributed by atoms with Crippen LogP contribution in [-0.2, 0) is 14.3 Å². The zero-order chi connectivity index (χ0) is 12.9. The van der Waals surface area contributed by atoms with Gasteiger partial charge in [0.1, 0.15) is 0 Å². The van der Waals surface area contributed by atoms with Gasteiger partial charge in [0.2, 0.25) is 5.24 Å². The second-order valence-electron chi connectivity index (χ2n) is 4.20. The Morgan fingerprint density at radius 2 is 1.53 bits per heavy atom. The number of halogens is 1. The highest BCUT2D eigenvalue weighted by Crippen LogP contribution is 2.08. The molecule has 0 aliphatic rings. The van der Waals surface area contributed by atoms with Gasteiger partial charge in [0.05, 0.1) is 6.61 Å². The van der Waals surface area contributed by atoms with E-state index in [4.69, 9.17) is 16.3 Å². The van der Waals surface area contributed by atoms with Gasteiger partial charge in [-0.05, 0) is 30.9 Å². The molecule has 0 atom stereocenters. The Hall–Kier alpha value is -0.570. The molecule has 0 fully saturated rings. The van der Waals surface area contributed by atoms with Crippen molar-refractivity contribution in [2.24, 2.45) is 0 Å². The van der Waals surface area contributed by atoms with Gasteiger partial charge in [0.25, 0.3) is 0 Å². The molecule has 0 radical (unpaired) electrons. The van der Waals surface area contributed by atoms with E-state index in [2.05, 4.69) is 6.92 Å². The molecule has 0 aromatic carbocycles. The van der Waals surface area contributed by atoms with Gasteiger partial charge in [-0.15, -0.1) is 0 Å². The lowest BCUT2D eigenvalue weighted by Gasteiger charge is -2.03. The molecule has 3 nitrogen and oxygen atoms in total. The fourth-order valence-electron chi connectivity index (χ4n) is 1.47. The molecule has 0 aromatic heterocycles. The van der Waals surface area contributed by atoms with E-state index in [1.165, 1.54) is 0 Å². The van der Waals surface area contributed by atoms with Crippen molar-refractivity contribution in [1.82, 2.24) is 0 Å². The molecule has 0 amide bonds. The maximum atomic E-state index is 11.2. The molecule has 0 aromatic rings. The second-order valence-corrected chi connectivity index (χ2v) is 4.62. The van der Waals surface area contributed by atoms with Crippen molar-refractivity contribution in [3.05, 3.63) is 0 Å². The van der Waals surface area contributed by atoms with E-state index in [-0.39, 0.29) is 11.2 Å². The standard InChI is InChI=1S/C13H23ClO3/c1-2-3-11-17-13(16)10-8-6-4-5-7-9-12(14)15/h2-11H2,1H3. The normalized spacial score (nSPS) is 10.2. The molecule has 100 valence electrons. The third-order valence-electron chi connectivity index (χ3n) is 2.52. The smallest absolute Gasteiger partial charge is 0.305 e. The molecule has 0 spiro atoms. The summed E-state index contributed by atoms with van der Waals surface area (Å²) in [4.78, 5) is 21.7. The van der Waals surface area contributed by atoms with Crippen LogP contribution in [0.5, 0.6) is 0 Å². The fourth-order valence-corrected chi connectivity index (χ4v) is 1.60. The molecule has 4 heteroatoms. The summed E-state index contributed by atoms with van der Waals surface area (Å²) >= 11 is 5.22. The number of hydrogen-bond acceptors (Lipinski definition) is 3. The highest BCUT2D eigenvalue weighted by molar-refractivity contribution is 6.63. The third kappa shape index (κ3) is 13.4. The van der Waals surface area contributed by atoms with E-state index in [1.54, 1.807) is 0 Å². The molecule has 0 unspecified atom stereocenters. The zero-order valence-electron chi connectivity index (χ0n) is 10.7. The van der Waals surface area contributed by atoms with Crippen molar-refractivity contribution >= 4 is 22.8 Å². The number of hydrogen-bond donors (Lipinski definition) is 0. The quantitative estimate of drug-likeness (QED) is 0.323. The van der Waals surface area contributed by atoms with E-state index in [0.29, 0.717) is 19.4 Å². The van der Waals surface area contributed by atoms with Gasteiger partial charge < -0.3 is 4.74 Å². The third-order valence-corrected chi connectivity index (χ3v) is 2.70. The Bertz CT molecular complexity index is 217. The van der Waals surface area contributed by atoms with Crippen LogP contribution in [0.25, 0.3) is 0 Å². The topological polar surface area (TPSA) is 43.4 Å². The first kappa shape index (κ1) is 16.4. The second kappa shape index (κ2) is 11.9. The molecule has 0 aliphatic carbocycles. The lowest BCUT2D eigenvalue weighted by Crippen LogP contribution is -2.05. The minimum Gasteiger partial charge on any atom is -0.466 e. The van der Waals surface area contributed by atoms with Gasteiger partial charge in [-0.25, -0.2) is 0 Å². The number of carbonyl (C=O) groups excluding carboxylic acids is 2. The Kier molecular flexibility index (Phi) is 11.5. The van der Waals surface area contributed by atoms with Crippen LogP contribution in [0, 0.1) is 0 Å². The van der Waals surface area contributed by atoms with E-state index in [1.807, 2.05) is 0 Å². The first-order valence-electron chi connectivity index (χ1n) is 6.50. The molecular formula is C13H23ClO3. The van der Waals surface area contributed by atoms with Crippen molar-refractivity contribution in [3.63, 3.8) is 0 Å². The van der Waals surface area contributed by atoms with Crippen molar-refractivity contribution < 1.29 is 14.3 Å². The summed E-state index contributed by atoms with van der Waals surface area (Å²) in [6.45, 7) is 2.62. The summed E-state index contributed by atoms with van der Waals surface area (Å²) < 4.78 is 5.04. The first-order chi connectivity index (χ1) is 8.16. The molecule has 17 heavy (non-hydrogen) atoms. The largest absolute Gasteiger partial charge is 0.466 e. The monoisotopic (exact) mass is 262 g/mol. The zero-order valence-corrected chi connectivity index (χ0v) is 11.4. The summed E-state index contributed by atoms with van der Waals surface area (Å²) in [6.07, 6.45) is 7.75. The highest BCUT2D eigenvalue weighted by atomic mass is 35.5. The van der Waals surface area contributed by atoms with Crippen LogP contribution in [0.1, 0.15) is 64.7 Å². The fraction of sp³-hybridized carbons (Fsp3) is 0.846. The van der Waals surface area contributed by atoms with Gasteiger partial charge >= 0.3 is 5.97 Å². The number of ether oxygens (including phenoxy) is 1. The average molecular weight is 263 g/mol. The van der Waals surface area contributed by atoms with Crippen LogP contribution < -0.4 is 0 Å². The van der Waals surface area contributed by atoms with E-state index < -0.39 is 0 Å². The minimum absolute atomic E-state index is 0.0885. The lowest BCUT2D eigenvalue weighted by atomic mass is 10.1. The first-order valence-corrected chi connectivity index (χ1v) is 6.88. The van der Waals surface area contributed by atoms with Gasteiger partial charge in [-0.1, -0.05) is 32.6 Å².